The third-order valence-corrected chi connectivity index (χ3v) is 2.88. The van der Waals surface area contributed by atoms with Crippen LogP contribution in [0, 0.1) is 0 Å². The summed E-state index contributed by atoms with van der Waals surface area (Å²) in [5.41, 5.74) is 6.90. The van der Waals surface area contributed by atoms with E-state index in [1.165, 1.54) is 15.6 Å². The molecule has 0 aliphatic heterocycles. The summed E-state index contributed by atoms with van der Waals surface area (Å²) in [6.45, 7) is 0. The summed E-state index contributed by atoms with van der Waals surface area (Å²) in [6.07, 6.45) is 4.60. The van der Waals surface area contributed by atoms with E-state index < -0.39 is 0 Å². The maximum Gasteiger partial charge on any atom is 0.295 e. The van der Waals surface area contributed by atoms with Gasteiger partial charge >= 0.3 is 0 Å². The van der Waals surface area contributed by atoms with Crippen molar-refractivity contribution in [3.05, 3.63) is 53.3 Å². The van der Waals surface area contributed by atoms with Crippen molar-refractivity contribution in [1.29, 1.82) is 0 Å². The van der Waals surface area contributed by atoms with Crippen LogP contribution >= 0.6 is 0 Å². The lowest BCUT2D eigenvalue weighted by Gasteiger charge is -2.00. The van der Waals surface area contributed by atoms with Crippen LogP contribution in [0.4, 0.5) is 5.69 Å². The first-order valence-corrected chi connectivity index (χ1v) is 5.95. The van der Waals surface area contributed by atoms with Crippen LogP contribution in [0.3, 0.4) is 0 Å². The fourth-order valence-electron chi connectivity index (χ4n) is 1.77. The Morgan fingerprint density at radius 2 is 1.90 bits per heavy atom. The summed E-state index contributed by atoms with van der Waals surface area (Å²) < 4.78 is 2.81. The van der Waals surface area contributed by atoms with Gasteiger partial charge in [-0.1, -0.05) is 0 Å². The molecular formula is C13H12N6O. The number of hydrogen-bond donors (Lipinski definition) is 1. The van der Waals surface area contributed by atoms with Gasteiger partial charge in [0.25, 0.3) is 5.56 Å². The zero-order valence-electron chi connectivity index (χ0n) is 10.8. The minimum atomic E-state index is -0.235. The minimum absolute atomic E-state index is 0.212. The predicted molar refractivity (Wildman–Crippen MR) is 74.2 cm³/mol. The van der Waals surface area contributed by atoms with Gasteiger partial charge in [-0.15, -0.1) is 5.10 Å². The molecule has 0 aliphatic carbocycles. The number of nitrogens with zero attached hydrogens (tertiary/aromatic N) is 5. The van der Waals surface area contributed by atoms with Crippen molar-refractivity contribution < 1.29 is 0 Å². The van der Waals surface area contributed by atoms with Gasteiger partial charge in [-0.05, 0) is 24.3 Å². The highest BCUT2D eigenvalue weighted by molar-refractivity contribution is 5.58. The monoisotopic (exact) mass is 268 g/mol. The van der Waals surface area contributed by atoms with Gasteiger partial charge in [0.05, 0.1) is 0 Å². The molecule has 7 nitrogen and oxygen atoms in total. The Bertz CT molecular complexity index is 802. The van der Waals surface area contributed by atoms with E-state index in [1.54, 1.807) is 31.6 Å². The second kappa shape index (κ2) is 4.61. The molecule has 0 bridgehead atoms. The van der Waals surface area contributed by atoms with Crippen LogP contribution < -0.4 is 11.3 Å². The van der Waals surface area contributed by atoms with Gasteiger partial charge in [-0.2, -0.15) is 4.68 Å². The number of nitrogen functional groups attached to an aromatic ring is 1. The van der Waals surface area contributed by atoms with E-state index in [0.717, 1.165) is 5.56 Å². The van der Waals surface area contributed by atoms with E-state index in [9.17, 15) is 4.79 Å². The minimum Gasteiger partial charge on any atom is -0.399 e. The maximum absolute atomic E-state index is 12.0. The lowest BCUT2D eigenvalue weighted by Crippen LogP contribution is -2.23. The molecule has 20 heavy (non-hydrogen) atoms. The van der Waals surface area contributed by atoms with Gasteiger partial charge in [0.1, 0.15) is 6.33 Å². The van der Waals surface area contributed by atoms with Gasteiger partial charge in [-0.25, -0.2) is 9.97 Å². The molecular weight excluding hydrogens is 256 g/mol. The standard InChI is InChI=1S/C13H12N6O/c1-18-7-6-15-12(13(18)20)19-8-16-11(17-19)9-2-4-10(14)5-3-9/h2-8H,14H2,1H3. The second-order valence-electron chi connectivity index (χ2n) is 4.30. The predicted octanol–water partition coefficient (Wildman–Crippen LogP) is 0.610. The van der Waals surface area contributed by atoms with Gasteiger partial charge in [0.15, 0.2) is 5.82 Å². The van der Waals surface area contributed by atoms with Crippen molar-refractivity contribution in [3.8, 4) is 17.2 Å². The molecule has 0 radical (unpaired) electrons. The Balaban J connectivity index is 2.04. The number of aryl methyl sites for hydroxylation is 1. The van der Waals surface area contributed by atoms with Crippen molar-refractivity contribution in [1.82, 2.24) is 24.3 Å². The number of benzene rings is 1. The van der Waals surface area contributed by atoms with Crippen molar-refractivity contribution in [3.63, 3.8) is 0 Å². The third kappa shape index (κ3) is 2.05. The topological polar surface area (TPSA) is 91.6 Å². The van der Waals surface area contributed by atoms with Gasteiger partial charge in [0, 0.05) is 30.7 Å². The number of aromatic nitrogens is 5. The second-order valence-corrected chi connectivity index (χ2v) is 4.30. The summed E-state index contributed by atoms with van der Waals surface area (Å²) in [5.74, 6) is 0.724. The molecule has 100 valence electrons. The van der Waals surface area contributed by atoms with E-state index in [0.29, 0.717) is 11.5 Å². The molecule has 0 saturated heterocycles. The van der Waals surface area contributed by atoms with Crippen LogP contribution in [0.25, 0.3) is 17.2 Å². The summed E-state index contributed by atoms with van der Waals surface area (Å²) in [6, 6.07) is 7.20. The molecule has 2 N–H and O–H groups in total. The Hall–Kier alpha value is -2.96. The van der Waals surface area contributed by atoms with Gasteiger partial charge < -0.3 is 10.3 Å². The SMILES string of the molecule is Cn1ccnc(-n2cnc(-c3ccc(N)cc3)n2)c1=O. The smallest absolute Gasteiger partial charge is 0.295 e. The molecule has 3 aromatic rings. The fraction of sp³-hybridized carbons (Fsp3) is 0.0769. The van der Waals surface area contributed by atoms with E-state index in [4.69, 9.17) is 5.73 Å². The zero-order chi connectivity index (χ0) is 14.1. The highest BCUT2D eigenvalue weighted by atomic mass is 16.1. The number of nitrogens with two attached hydrogens (primary N) is 1. The molecule has 1 aromatic carbocycles. The lowest BCUT2D eigenvalue weighted by atomic mass is 10.2. The number of anilines is 1. The molecule has 0 spiro atoms. The first kappa shape index (κ1) is 12.1. The van der Waals surface area contributed by atoms with Crippen molar-refractivity contribution in [2.24, 2.45) is 7.05 Å². The quantitative estimate of drug-likeness (QED) is 0.687. The normalized spacial score (nSPS) is 10.7. The summed E-state index contributed by atoms with van der Waals surface area (Å²) in [7, 11) is 1.66. The zero-order valence-corrected chi connectivity index (χ0v) is 10.8. The molecule has 0 saturated carbocycles. The highest BCUT2D eigenvalue weighted by Crippen LogP contribution is 2.16. The molecule has 2 heterocycles. The number of hydrogen-bond acceptors (Lipinski definition) is 5. The average molecular weight is 268 g/mol. The number of rotatable bonds is 2. The first-order chi connectivity index (χ1) is 9.65. The Labute approximate surface area is 114 Å². The summed E-state index contributed by atoms with van der Waals surface area (Å²) in [4.78, 5) is 20.2. The maximum atomic E-state index is 12.0. The lowest BCUT2D eigenvalue weighted by molar-refractivity contribution is 0.766. The molecule has 0 fully saturated rings. The highest BCUT2D eigenvalue weighted by Gasteiger charge is 2.09. The van der Waals surface area contributed by atoms with Crippen LogP contribution in [0.5, 0.6) is 0 Å². The molecule has 2 aromatic heterocycles. The molecule has 7 heteroatoms. The van der Waals surface area contributed by atoms with Crippen molar-refractivity contribution in [2.75, 3.05) is 5.73 Å². The largest absolute Gasteiger partial charge is 0.399 e. The summed E-state index contributed by atoms with van der Waals surface area (Å²) in [5, 5.41) is 4.27. The van der Waals surface area contributed by atoms with Crippen molar-refractivity contribution in [2.45, 2.75) is 0 Å². The van der Waals surface area contributed by atoms with Crippen LogP contribution in [0.1, 0.15) is 0 Å². The van der Waals surface area contributed by atoms with Crippen molar-refractivity contribution >= 4 is 5.69 Å². The van der Waals surface area contributed by atoms with Crippen LogP contribution in [0.15, 0.2) is 47.8 Å². The first-order valence-electron chi connectivity index (χ1n) is 5.95. The van der Waals surface area contributed by atoms with Crippen LogP contribution in [0.2, 0.25) is 0 Å². The van der Waals surface area contributed by atoms with E-state index in [-0.39, 0.29) is 11.4 Å². The Kier molecular flexibility index (Phi) is 2.79. The average Bonchev–Trinajstić information content (AvgIpc) is 2.92. The molecule has 0 aliphatic rings. The fourth-order valence-corrected chi connectivity index (χ4v) is 1.77. The Morgan fingerprint density at radius 1 is 1.15 bits per heavy atom. The van der Waals surface area contributed by atoms with Crippen LogP contribution in [-0.2, 0) is 7.05 Å². The van der Waals surface area contributed by atoms with E-state index in [1.807, 2.05) is 12.1 Å². The van der Waals surface area contributed by atoms with E-state index in [2.05, 4.69) is 15.1 Å². The van der Waals surface area contributed by atoms with Gasteiger partial charge in [-0.3, -0.25) is 4.79 Å². The molecule has 0 amide bonds. The Morgan fingerprint density at radius 3 is 2.65 bits per heavy atom. The summed E-state index contributed by atoms with van der Waals surface area (Å²) >= 11 is 0. The molecule has 0 atom stereocenters. The van der Waals surface area contributed by atoms with E-state index >= 15 is 0 Å². The molecule has 0 unspecified atom stereocenters. The van der Waals surface area contributed by atoms with Crippen LogP contribution in [-0.4, -0.2) is 24.3 Å². The molecule has 3 rings (SSSR count). The van der Waals surface area contributed by atoms with Gasteiger partial charge in [0.2, 0.25) is 5.82 Å². The third-order valence-electron chi connectivity index (χ3n) is 2.88.